The third kappa shape index (κ3) is 5.14. The fourth-order valence-electron chi connectivity index (χ4n) is 2.28. The van der Waals surface area contributed by atoms with E-state index < -0.39 is 0 Å². The number of hydrogen-bond donors (Lipinski definition) is 2. The van der Waals surface area contributed by atoms with Crippen LogP contribution in [0.4, 0.5) is 17.1 Å². The van der Waals surface area contributed by atoms with Crippen LogP contribution in [0.3, 0.4) is 0 Å². The van der Waals surface area contributed by atoms with Crippen LogP contribution in [-0.4, -0.2) is 24.9 Å². The molecule has 2 rings (SSSR count). The minimum atomic E-state index is -0.144. The van der Waals surface area contributed by atoms with Crippen molar-refractivity contribution < 1.29 is 9.59 Å². The Hall–Kier alpha value is -2.82. The van der Waals surface area contributed by atoms with E-state index in [0.29, 0.717) is 11.4 Å². The zero-order valence-corrected chi connectivity index (χ0v) is 13.4. The van der Waals surface area contributed by atoms with Gasteiger partial charge in [0.05, 0.1) is 6.54 Å². The van der Waals surface area contributed by atoms with Crippen molar-refractivity contribution in [3.63, 3.8) is 0 Å². The van der Waals surface area contributed by atoms with Gasteiger partial charge in [-0.1, -0.05) is 24.3 Å². The normalized spacial score (nSPS) is 10.0. The summed E-state index contributed by atoms with van der Waals surface area (Å²) in [4.78, 5) is 25.3. The van der Waals surface area contributed by atoms with Crippen LogP contribution in [0.25, 0.3) is 0 Å². The molecule has 5 nitrogen and oxygen atoms in total. The van der Waals surface area contributed by atoms with E-state index in [1.165, 1.54) is 6.92 Å². The van der Waals surface area contributed by atoms with Crippen molar-refractivity contribution in [2.24, 2.45) is 0 Å². The number of anilines is 3. The van der Waals surface area contributed by atoms with Crippen molar-refractivity contribution in [2.45, 2.75) is 13.8 Å². The van der Waals surface area contributed by atoms with E-state index in [0.717, 1.165) is 12.2 Å². The minimum absolute atomic E-state index is 0.101. The molecule has 2 aromatic rings. The van der Waals surface area contributed by atoms with Gasteiger partial charge in [-0.05, 0) is 37.3 Å². The first-order valence-electron chi connectivity index (χ1n) is 7.56. The lowest BCUT2D eigenvalue weighted by Gasteiger charge is -2.22. The summed E-state index contributed by atoms with van der Waals surface area (Å²) in [5.41, 5.74) is 2.33. The molecule has 0 radical (unpaired) electrons. The summed E-state index contributed by atoms with van der Waals surface area (Å²) in [7, 11) is 0. The lowest BCUT2D eigenvalue weighted by Crippen LogP contribution is -2.33. The molecular formula is C18H21N3O2. The largest absolute Gasteiger partial charge is 0.362 e. The molecule has 0 unspecified atom stereocenters. The predicted molar refractivity (Wildman–Crippen MR) is 93.7 cm³/mol. The maximum atomic E-state index is 12.2. The SMILES string of the molecule is CCN(CC(=O)Nc1cccc(NC(C)=O)c1)c1ccccc1. The molecule has 0 aliphatic carbocycles. The number of amides is 2. The highest BCUT2D eigenvalue weighted by Gasteiger charge is 2.10. The van der Waals surface area contributed by atoms with Crippen LogP contribution in [0, 0.1) is 0 Å². The van der Waals surface area contributed by atoms with Crippen molar-refractivity contribution in [2.75, 3.05) is 28.6 Å². The summed E-state index contributed by atoms with van der Waals surface area (Å²) < 4.78 is 0. The maximum absolute atomic E-state index is 12.2. The summed E-state index contributed by atoms with van der Waals surface area (Å²) in [6.45, 7) is 4.47. The van der Waals surface area contributed by atoms with E-state index in [2.05, 4.69) is 10.6 Å². The second kappa shape index (κ2) is 7.98. The molecule has 0 saturated heterocycles. The highest BCUT2D eigenvalue weighted by atomic mass is 16.2. The molecule has 5 heteroatoms. The van der Waals surface area contributed by atoms with Crippen molar-refractivity contribution in [3.8, 4) is 0 Å². The summed E-state index contributed by atoms with van der Waals surface area (Å²) >= 11 is 0. The van der Waals surface area contributed by atoms with Gasteiger partial charge in [0.1, 0.15) is 0 Å². The van der Waals surface area contributed by atoms with Crippen LogP contribution in [0.2, 0.25) is 0 Å². The van der Waals surface area contributed by atoms with Gasteiger partial charge in [-0.15, -0.1) is 0 Å². The Kier molecular flexibility index (Phi) is 5.74. The van der Waals surface area contributed by atoms with Crippen molar-refractivity contribution >= 4 is 28.9 Å². The van der Waals surface area contributed by atoms with Gasteiger partial charge in [0.25, 0.3) is 0 Å². The van der Waals surface area contributed by atoms with E-state index in [9.17, 15) is 9.59 Å². The maximum Gasteiger partial charge on any atom is 0.243 e. The molecule has 0 saturated carbocycles. The molecular weight excluding hydrogens is 290 g/mol. The molecule has 0 atom stereocenters. The van der Waals surface area contributed by atoms with Gasteiger partial charge in [0, 0.05) is 30.5 Å². The molecule has 0 bridgehead atoms. The molecule has 0 aliphatic rings. The molecule has 0 spiro atoms. The van der Waals surface area contributed by atoms with Crippen LogP contribution >= 0.6 is 0 Å². The number of nitrogens with zero attached hydrogens (tertiary/aromatic N) is 1. The van der Waals surface area contributed by atoms with Crippen molar-refractivity contribution in [1.29, 1.82) is 0 Å². The van der Waals surface area contributed by atoms with Gasteiger partial charge < -0.3 is 15.5 Å². The average molecular weight is 311 g/mol. The second-order valence-corrected chi connectivity index (χ2v) is 5.16. The number of likely N-dealkylation sites (N-methyl/N-ethyl adjacent to an activating group) is 1. The first kappa shape index (κ1) is 16.5. The average Bonchev–Trinajstić information content (AvgIpc) is 2.53. The molecule has 0 aromatic heterocycles. The van der Waals surface area contributed by atoms with E-state index in [1.807, 2.05) is 42.2 Å². The lowest BCUT2D eigenvalue weighted by molar-refractivity contribution is -0.115. The number of carbonyl (C=O) groups is 2. The Morgan fingerprint density at radius 2 is 1.61 bits per heavy atom. The van der Waals surface area contributed by atoms with E-state index in [4.69, 9.17) is 0 Å². The van der Waals surface area contributed by atoms with Gasteiger partial charge in [-0.3, -0.25) is 9.59 Å². The molecule has 0 aliphatic heterocycles. The third-order valence-electron chi connectivity index (χ3n) is 3.30. The van der Waals surface area contributed by atoms with Gasteiger partial charge in [-0.25, -0.2) is 0 Å². The Morgan fingerprint density at radius 1 is 0.957 bits per heavy atom. The van der Waals surface area contributed by atoms with Gasteiger partial charge >= 0.3 is 0 Å². The molecule has 2 aromatic carbocycles. The standard InChI is InChI=1S/C18H21N3O2/c1-3-21(17-10-5-4-6-11-17)13-18(23)20-16-9-7-8-15(12-16)19-14(2)22/h4-12H,3,13H2,1-2H3,(H,19,22)(H,20,23). The summed E-state index contributed by atoms with van der Waals surface area (Å²) in [6.07, 6.45) is 0. The van der Waals surface area contributed by atoms with Crippen LogP contribution < -0.4 is 15.5 Å². The molecule has 2 N–H and O–H groups in total. The number of nitrogens with one attached hydrogen (secondary N) is 2. The number of para-hydroxylation sites is 1. The molecule has 120 valence electrons. The van der Waals surface area contributed by atoms with Crippen LogP contribution in [0.5, 0.6) is 0 Å². The lowest BCUT2D eigenvalue weighted by atomic mass is 10.2. The fourth-order valence-corrected chi connectivity index (χ4v) is 2.28. The monoisotopic (exact) mass is 311 g/mol. The van der Waals surface area contributed by atoms with Crippen LogP contribution in [0.1, 0.15) is 13.8 Å². The topological polar surface area (TPSA) is 61.4 Å². The van der Waals surface area contributed by atoms with E-state index >= 15 is 0 Å². The summed E-state index contributed by atoms with van der Waals surface area (Å²) in [5, 5.41) is 5.55. The quantitative estimate of drug-likeness (QED) is 0.861. The van der Waals surface area contributed by atoms with E-state index in [-0.39, 0.29) is 18.4 Å². The van der Waals surface area contributed by atoms with Gasteiger partial charge in [0.15, 0.2) is 0 Å². The second-order valence-electron chi connectivity index (χ2n) is 5.16. The number of benzene rings is 2. The van der Waals surface area contributed by atoms with Gasteiger partial charge in [0.2, 0.25) is 11.8 Å². The van der Waals surface area contributed by atoms with Crippen LogP contribution in [0.15, 0.2) is 54.6 Å². The summed E-state index contributed by atoms with van der Waals surface area (Å²) in [5.74, 6) is -0.245. The highest BCUT2D eigenvalue weighted by molar-refractivity contribution is 5.95. The number of carbonyl (C=O) groups excluding carboxylic acids is 2. The van der Waals surface area contributed by atoms with Crippen molar-refractivity contribution in [1.82, 2.24) is 0 Å². The predicted octanol–water partition coefficient (Wildman–Crippen LogP) is 3.11. The first-order chi connectivity index (χ1) is 11.1. The highest BCUT2D eigenvalue weighted by Crippen LogP contribution is 2.16. The fraction of sp³-hybridized carbons (Fsp3) is 0.222. The first-order valence-corrected chi connectivity index (χ1v) is 7.56. The van der Waals surface area contributed by atoms with Crippen molar-refractivity contribution in [3.05, 3.63) is 54.6 Å². The Labute approximate surface area is 136 Å². The molecule has 23 heavy (non-hydrogen) atoms. The van der Waals surface area contributed by atoms with E-state index in [1.54, 1.807) is 24.3 Å². The molecule has 0 fully saturated rings. The smallest absolute Gasteiger partial charge is 0.243 e. The zero-order valence-electron chi connectivity index (χ0n) is 13.4. The third-order valence-corrected chi connectivity index (χ3v) is 3.30. The summed E-state index contributed by atoms with van der Waals surface area (Å²) in [6, 6.07) is 16.9. The van der Waals surface area contributed by atoms with Crippen LogP contribution in [-0.2, 0) is 9.59 Å². The molecule has 2 amide bonds. The minimum Gasteiger partial charge on any atom is -0.362 e. The zero-order chi connectivity index (χ0) is 16.7. The molecule has 0 heterocycles. The Balaban J connectivity index is 2.00. The number of rotatable bonds is 6. The Morgan fingerprint density at radius 3 is 2.22 bits per heavy atom. The van der Waals surface area contributed by atoms with Gasteiger partial charge in [-0.2, -0.15) is 0 Å². The number of hydrogen-bond acceptors (Lipinski definition) is 3. The Bertz CT molecular complexity index is 671.